The van der Waals surface area contributed by atoms with E-state index in [0.29, 0.717) is 6.04 Å². The third-order valence-electron chi connectivity index (χ3n) is 4.13. The summed E-state index contributed by atoms with van der Waals surface area (Å²) in [6.45, 7) is 6.73. The van der Waals surface area contributed by atoms with Crippen molar-refractivity contribution in [1.82, 2.24) is 14.9 Å². The lowest BCUT2D eigenvalue weighted by molar-refractivity contribution is 0.242. The van der Waals surface area contributed by atoms with Gasteiger partial charge in [0.1, 0.15) is 0 Å². The van der Waals surface area contributed by atoms with E-state index in [2.05, 4.69) is 87.0 Å². The minimum absolute atomic E-state index is 0.392. The van der Waals surface area contributed by atoms with Crippen molar-refractivity contribution in [3.63, 3.8) is 0 Å². The normalized spacial score (nSPS) is 11.1. The van der Waals surface area contributed by atoms with E-state index >= 15 is 0 Å². The predicted octanol–water partition coefficient (Wildman–Crippen LogP) is 5.10. The summed E-state index contributed by atoms with van der Waals surface area (Å²) >= 11 is 2.38. The van der Waals surface area contributed by atoms with Crippen LogP contribution < -0.4 is 5.32 Å². The van der Waals surface area contributed by atoms with Crippen LogP contribution >= 0.6 is 22.6 Å². The lowest BCUT2D eigenvalue weighted by Gasteiger charge is -2.24. The van der Waals surface area contributed by atoms with Crippen molar-refractivity contribution in [1.29, 1.82) is 0 Å². The third kappa shape index (κ3) is 6.29. The summed E-state index contributed by atoms with van der Waals surface area (Å²) in [6.07, 6.45) is 3.71. The molecular formula is C22H25IN4. The molecule has 1 N–H and O–H groups in total. The van der Waals surface area contributed by atoms with Crippen LogP contribution in [0.15, 0.2) is 67.0 Å². The van der Waals surface area contributed by atoms with Gasteiger partial charge in [-0.25, -0.2) is 0 Å². The molecular weight excluding hydrogens is 447 g/mol. The molecule has 0 aliphatic carbocycles. The number of benzene rings is 1. The zero-order valence-corrected chi connectivity index (χ0v) is 17.9. The summed E-state index contributed by atoms with van der Waals surface area (Å²) in [5.41, 5.74) is 4.62. The van der Waals surface area contributed by atoms with Crippen LogP contribution in [0.2, 0.25) is 0 Å². The highest BCUT2D eigenvalue weighted by Crippen LogP contribution is 2.23. The molecule has 0 atom stereocenters. The van der Waals surface area contributed by atoms with Crippen molar-refractivity contribution in [3.05, 3.63) is 87.5 Å². The van der Waals surface area contributed by atoms with E-state index in [4.69, 9.17) is 0 Å². The molecule has 5 heteroatoms. The molecule has 0 amide bonds. The molecule has 0 aliphatic heterocycles. The molecule has 0 unspecified atom stereocenters. The van der Waals surface area contributed by atoms with Crippen LogP contribution in [0.25, 0.3) is 0 Å². The molecule has 0 radical (unpaired) electrons. The zero-order chi connectivity index (χ0) is 19.1. The van der Waals surface area contributed by atoms with E-state index in [0.717, 1.165) is 31.0 Å². The second-order valence-corrected chi connectivity index (χ2v) is 8.13. The van der Waals surface area contributed by atoms with Gasteiger partial charge in [0.15, 0.2) is 0 Å². The first kappa shape index (κ1) is 19.8. The fraction of sp³-hybridized carbons (Fsp3) is 0.273. The Morgan fingerprint density at radius 1 is 0.889 bits per heavy atom. The van der Waals surface area contributed by atoms with Crippen molar-refractivity contribution >= 4 is 28.3 Å². The largest absolute Gasteiger partial charge is 0.383 e. The molecule has 140 valence electrons. The molecule has 2 aromatic heterocycles. The van der Waals surface area contributed by atoms with Gasteiger partial charge >= 0.3 is 0 Å². The second-order valence-electron chi connectivity index (χ2n) is 6.89. The average Bonchev–Trinajstić information content (AvgIpc) is 2.65. The van der Waals surface area contributed by atoms with Crippen molar-refractivity contribution in [2.75, 3.05) is 5.32 Å². The summed E-state index contributed by atoms with van der Waals surface area (Å²) in [4.78, 5) is 11.4. The van der Waals surface area contributed by atoms with Gasteiger partial charge in [0.25, 0.3) is 0 Å². The van der Waals surface area contributed by atoms with Gasteiger partial charge in [-0.2, -0.15) is 0 Å². The lowest BCUT2D eigenvalue weighted by atomic mass is 10.1. The molecule has 2 heterocycles. The molecule has 0 spiro atoms. The summed E-state index contributed by atoms with van der Waals surface area (Å²) < 4.78 is 1.24. The second kappa shape index (κ2) is 9.80. The molecule has 1 aromatic carbocycles. The highest BCUT2D eigenvalue weighted by molar-refractivity contribution is 14.1. The number of anilines is 1. The Hall–Kier alpha value is -1.99. The first-order valence-electron chi connectivity index (χ1n) is 9.17. The number of pyridine rings is 2. The van der Waals surface area contributed by atoms with Crippen LogP contribution in [0.4, 0.5) is 5.69 Å². The summed E-state index contributed by atoms with van der Waals surface area (Å²) in [5, 5.41) is 3.57. The first-order chi connectivity index (χ1) is 13.1. The van der Waals surface area contributed by atoms with Gasteiger partial charge in [-0.15, -0.1) is 0 Å². The highest BCUT2D eigenvalue weighted by Gasteiger charge is 2.13. The van der Waals surface area contributed by atoms with Crippen molar-refractivity contribution in [3.8, 4) is 0 Å². The Labute approximate surface area is 175 Å². The van der Waals surface area contributed by atoms with E-state index in [1.54, 1.807) is 0 Å². The molecule has 4 nitrogen and oxygen atoms in total. The third-order valence-corrected chi connectivity index (χ3v) is 4.80. The number of halogens is 1. The van der Waals surface area contributed by atoms with E-state index in [9.17, 15) is 0 Å². The molecule has 27 heavy (non-hydrogen) atoms. The molecule has 0 saturated heterocycles. The Balaban J connectivity index is 1.85. The van der Waals surface area contributed by atoms with E-state index in [1.165, 1.54) is 14.8 Å². The standard InChI is InChI=1S/C22H25IN4/c1-17(2)26-22-10-9-19(23)13-18(22)14-27(15-20-7-3-5-11-24-20)16-21-8-4-6-12-25-21/h3-13,17,26H,14-16H2,1-2H3. The Morgan fingerprint density at radius 2 is 1.52 bits per heavy atom. The van der Waals surface area contributed by atoms with Crippen LogP contribution in [0.1, 0.15) is 30.8 Å². The zero-order valence-electron chi connectivity index (χ0n) is 15.8. The van der Waals surface area contributed by atoms with E-state index in [-0.39, 0.29) is 0 Å². The van der Waals surface area contributed by atoms with E-state index in [1.807, 2.05) is 36.7 Å². The fourth-order valence-electron chi connectivity index (χ4n) is 3.00. The Bertz CT molecular complexity index is 796. The maximum atomic E-state index is 4.51. The summed E-state index contributed by atoms with van der Waals surface area (Å²) in [5.74, 6) is 0. The average molecular weight is 472 g/mol. The van der Waals surface area contributed by atoms with Gasteiger partial charge in [0.2, 0.25) is 0 Å². The maximum Gasteiger partial charge on any atom is 0.0544 e. The number of nitrogens with one attached hydrogen (secondary N) is 1. The lowest BCUT2D eigenvalue weighted by Crippen LogP contribution is -2.24. The number of aromatic nitrogens is 2. The predicted molar refractivity (Wildman–Crippen MR) is 119 cm³/mol. The summed E-state index contributed by atoms with van der Waals surface area (Å²) in [6, 6.07) is 19.1. The molecule has 0 fully saturated rings. The minimum Gasteiger partial charge on any atom is -0.383 e. The smallest absolute Gasteiger partial charge is 0.0544 e. The van der Waals surface area contributed by atoms with Gasteiger partial charge in [0, 0.05) is 47.3 Å². The number of hydrogen-bond donors (Lipinski definition) is 1. The van der Waals surface area contributed by atoms with Crippen molar-refractivity contribution in [2.45, 2.75) is 39.5 Å². The minimum atomic E-state index is 0.392. The van der Waals surface area contributed by atoms with Gasteiger partial charge < -0.3 is 5.32 Å². The molecule has 0 aliphatic rings. The van der Waals surface area contributed by atoms with Crippen LogP contribution in [-0.2, 0) is 19.6 Å². The highest BCUT2D eigenvalue weighted by atomic mass is 127. The van der Waals surface area contributed by atoms with Gasteiger partial charge in [-0.05, 0) is 84.5 Å². The Kier molecular flexibility index (Phi) is 7.18. The topological polar surface area (TPSA) is 41.0 Å². The van der Waals surface area contributed by atoms with E-state index < -0.39 is 0 Å². The van der Waals surface area contributed by atoms with Crippen LogP contribution in [0.5, 0.6) is 0 Å². The van der Waals surface area contributed by atoms with Crippen LogP contribution in [-0.4, -0.2) is 20.9 Å². The SMILES string of the molecule is CC(C)Nc1ccc(I)cc1CN(Cc1ccccn1)Cc1ccccn1. The fourth-order valence-corrected chi connectivity index (χ4v) is 3.55. The quantitative estimate of drug-likeness (QED) is 0.463. The number of nitrogens with zero attached hydrogens (tertiary/aromatic N) is 3. The number of hydrogen-bond acceptors (Lipinski definition) is 4. The first-order valence-corrected chi connectivity index (χ1v) is 10.2. The monoisotopic (exact) mass is 472 g/mol. The van der Waals surface area contributed by atoms with Crippen LogP contribution in [0, 0.1) is 3.57 Å². The van der Waals surface area contributed by atoms with Crippen molar-refractivity contribution in [2.24, 2.45) is 0 Å². The number of rotatable bonds is 8. The van der Waals surface area contributed by atoms with Gasteiger partial charge in [-0.3, -0.25) is 14.9 Å². The summed E-state index contributed by atoms with van der Waals surface area (Å²) in [7, 11) is 0. The maximum absolute atomic E-state index is 4.51. The van der Waals surface area contributed by atoms with Gasteiger partial charge in [-0.1, -0.05) is 12.1 Å². The van der Waals surface area contributed by atoms with Gasteiger partial charge in [0.05, 0.1) is 11.4 Å². The Morgan fingerprint density at radius 3 is 2.04 bits per heavy atom. The molecule has 3 rings (SSSR count). The van der Waals surface area contributed by atoms with Crippen molar-refractivity contribution < 1.29 is 0 Å². The molecule has 3 aromatic rings. The molecule has 0 bridgehead atoms. The van der Waals surface area contributed by atoms with Crippen LogP contribution in [0.3, 0.4) is 0 Å². The molecule has 0 saturated carbocycles.